The van der Waals surface area contributed by atoms with Crippen molar-refractivity contribution in [1.29, 1.82) is 0 Å². The van der Waals surface area contributed by atoms with Crippen LogP contribution in [-0.4, -0.2) is 34.7 Å². The molecule has 1 aromatic heterocycles. The zero-order valence-electron chi connectivity index (χ0n) is 16.5. The second-order valence-electron chi connectivity index (χ2n) is 7.40. The van der Waals surface area contributed by atoms with Gasteiger partial charge in [0.25, 0.3) is 0 Å². The standard InChI is InChI=1S/C23H25ClN2O3/c1-18-4-2-3-5-22(18)27-14-21-15-28-23(29-21,16-26-13-12-25-17-26)11-10-19-6-8-20(24)9-7-19/h2-9,12-13,17,21H,10-11,14-16H2,1H3. The summed E-state index contributed by atoms with van der Waals surface area (Å²) in [6.45, 7) is 3.58. The van der Waals surface area contributed by atoms with Gasteiger partial charge in [-0.15, -0.1) is 0 Å². The van der Waals surface area contributed by atoms with Gasteiger partial charge >= 0.3 is 0 Å². The van der Waals surface area contributed by atoms with Crippen LogP contribution >= 0.6 is 11.6 Å². The van der Waals surface area contributed by atoms with E-state index >= 15 is 0 Å². The van der Waals surface area contributed by atoms with Gasteiger partial charge in [-0.25, -0.2) is 4.98 Å². The Labute approximate surface area is 176 Å². The normalized spacial score (nSPS) is 21.4. The molecule has 5 nitrogen and oxygen atoms in total. The minimum absolute atomic E-state index is 0.122. The highest BCUT2D eigenvalue weighted by Crippen LogP contribution is 2.31. The van der Waals surface area contributed by atoms with Crippen molar-refractivity contribution in [2.75, 3.05) is 13.2 Å². The highest BCUT2D eigenvalue weighted by Gasteiger charge is 2.42. The molecule has 1 fully saturated rings. The Hall–Kier alpha value is -2.34. The van der Waals surface area contributed by atoms with E-state index in [1.54, 1.807) is 12.5 Å². The summed E-state index contributed by atoms with van der Waals surface area (Å²) in [6.07, 6.45) is 6.91. The van der Waals surface area contributed by atoms with E-state index in [4.69, 9.17) is 25.8 Å². The molecule has 2 heterocycles. The molecule has 0 aliphatic carbocycles. The lowest BCUT2D eigenvalue weighted by Crippen LogP contribution is -2.37. The summed E-state index contributed by atoms with van der Waals surface area (Å²) < 4.78 is 20.6. The van der Waals surface area contributed by atoms with E-state index in [9.17, 15) is 0 Å². The minimum Gasteiger partial charge on any atom is -0.491 e. The molecule has 0 spiro atoms. The molecular formula is C23H25ClN2O3. The highest BCUT2D eigenvalue weighted by atomic mass is 35.5. The number of imidazole rings is 1. The average Bonchev–Trinajstić information content (AvgIpc) is 3.38. The molecule has 1 saturated heterocycles. The molecule has 2 aromatic carbocycles. The molecule has 4 rings (SSSR count). The fraction of sp³-hybridized carbons (Fsp3) is 0.348. The van der Waals surface area contributed by atoms with Crippen molar-refractivity contribution in [2.45, 2.75) is 38.2 Å². The van der Waals surface area contributed by atoms with Crippen LogP contribution in [0.4, 0.5) is 0 Å². The number of rotatable bonds is 8. The van der Waals surface area contributed by atoms with Gasteiger partial charge in [0.05, 0.1) is 19.5 Å². The summed E-state index contributed by atoms with van der Waals surface area (Å²) >= 11 is 6.00. The van der Waals surface area contributed by atoms with Crippen molar-refractivity contribution < 1.29 is 14.2 Å². The van der Waals surface area contributed by atoms with Crippen molar-refractivity contribution >= 4 is 11.6 Å². The van der Waals surface area contributed by atoms with Gasteiger partial charge in [-0.05, 0) is 42.7 Å². The van der Waals surface area contributed by atoms with E-state index < -0.39 is 5.79 Å². The summed E-state index contributed by atoms with van der Waals surface area (Å²) in [7, 11) is 0. The number of ether oxygens (including phenoxy) is 3. The lowest BCUT2D eigenvalue weighted by Gasteiger charge is -2.28. The number of benzene rings is 2. The topological polar surface area (TPSA) is 45.5 Å². The molecule has 6 heteroatoms. The van der Waals surface area contributed by atoms with Crippen LogP contribution in [0.25, 0.3) is 0 Å². The van der Waals surface area contributed by atoms with E-state index in [0.717, 1.165) is 29.2 Å². The third-order valence-corrected chi connectivity index (χ3v) is 5.37. The molecule has 0 N–H and O–H groups in total. The first-order chi connectivity index (χ1) is 14.1. The summed E-state index contributed by atoms with van der Waals surface area (Å²) in [5.41, 5.74) is 2.31. The molecular weight excluding hydrogens is 388 g/mol. The van der Waals surface area contributed by atoms with Crippen LogP contribution in [0.5, 0.6) is 5.75 Å². The zero-order valence-corrected chi connectivity index (χ0v) is 17.2. The van der Waals surface area contributed by atoms with Gasteiger partial charge in [0.15, 0.2) is 5.79 Å². The number of hydrogen-bond donors (Lipinski definition) is 0. The van der Waals surface area contributed by atoms with Crippen molar-refractivity contribution in [3.8, 4) is 5.75 Å². The molecule has 29 heavy (non-hydrogen) atoms. The van der Waals surface area contributed by atoms with Gasteiger partial charge in [0, 0.05) is 23.8 Å². The maximum Gasteiger partial charge on any atom is 0.187 e. The first-order valence-corrected chi connectivity index (χ1v) is 10.2. The molecule has 0 saturated carbocycles. The van der Waals surface area contributed by atoms with Crippen LogP contribution in [0.2, 0.25) is 5.02 Å². The van der Waals surface area contributed by atoms with Crippen molar-refractivity contribution in [3.05, 3.63) is 83.4 Å². The quantitative estimate of drug-likeness (QED) is 0.539. The third-order valence-electron chi connectivity index (χ3n) is 5.12. The summed E-state index contributed by atoms with van der Waals surface area (Å²) in [6, 6.07) is 15.9. The van der Waals surface area contributed by atoms with Crippen LogP contribution in [0.3, 0.4) is 0 Å². The van der Waals surface area contributed by atoms with Gasteiger partial charge in [0.2, 0.25) is 0 Å². The molecule has 0 bridgehead atoms. The maximum atomic E-state index is 6.41. The Morgan fingerprint density at radius 3 is 2.79 bits per heavy atom. The Morgan fingerprint density at radius 2 is 2.03 bits per heavy atom. The van der Waals surface area contributed by atoms with E-state index in [2.05, 4.69) is 4.98 Å². The Morgan fingerprint density at radius 1 is 1.21 bits per heavy atom. The van der Waals surface area contributed by atoms with Crippen LogP contribution in [0.1, 0.15) is 17.5 Å². The van der Waals surface area contributed by atoms with E-state index in [0.29, 0.717) is 19.8 Å². The van der Waals surface area contributed by atoms with Crippen molar-refractivity contribution in [3.63, 3.8) is 0 Å². The van der Waals surface area contributed by atoms with Crippen molar-refractivity contribution in [2.24, 2.45) is 0 Å². The van der Waals surface area contributed by atoms with Gasteiger partial charge in [-0.1, -0.05) is 41.9 Å². The number of halogens is 1. The second-order valence-corrected chi connectivity index (χ2v) is 7.84. The Balaban J connectivity index is 1.41. The van der Waals surface area contributed by atoms with Gasteiger partial charge in [-0.3, -0.25) is 0 Å². The Bertz CT molecular complexity index is 914. The molecule has 0 amide bonds. The lowest BCUT2D eigenvalue weighted by atomic mass is 10.0. The number of nitrogens with zero attached hydrogens (tertiary/aromatic N) is 2. The predicted octanol–water partition coefficient (Wildman–Crippen LogP) is 4.67. The molecule has 152 valence electrons. The number of hydrogen-bond acceptors (Lipinski definition) is 4. The molecule has 1 aliphatic rings. The SMILES string of the molecule is Cc1ccccc1OCC1COC(CCc2ccc(Cl)cc2)(Cn2ccnc2)O1. The van der Waals surface area contributed by atoms with Crippen LogP contribution in [0.15, 0.2) is 67.3 Å². The fourth-order valence-electron chi connectivity index (χ4n) is 3.54. The van der Waals surface area contributed by atoms with Crippen LogP contribution in [-0.2, 0) is 22.4 Å². The van der Waals surface area contributed by atoms with E-state index in [1.165, 1.54) is 5.56 Å². The second kappa shape index (κ2) is 8.99. The third kappa shape index (κ3) is 5.18. The maximum absolute atomic E-state index is 6.41. The zero-order chi connectivity index (χ0) is 20.1. The minimum atomic E-state index is -0.708. The average molecular weight is 413 g/mol. The number of para-hydroxylation sites is 1. The first-order valence-electron chi connectivity index (χ1n) is 9.82. The predicted molar refractivity (Wildman–Crippen MR) is 112 cm³/mol. The van der Waals surface area contributed by atoms with Crippen LogP contribution < -0.4 is 4.74 Å². The molecule has 3 aromatic rings. The highest BCUT2D eigenvalue weighted by molar-refractivity contribution is 6.30. The van der Waals surface area contributed by atoms with E-state index in [1.807, 2.05) is 66.2 Å². The molecule has 2 unspecified atom stereocenters. The Kier molecular flexibility index (Phi) is 6.19. The van der Waals surface area contributed by atoms with Gasteiger partial charge in [-0.2, -0.15) is 0 Å². The summed E-state index contributed by atoms with van der Waals surface area (Å²) in [4.78, 5) is 4.14. The largest absolute Gasteiger partial charge is 0.491 e. The molecule has 1 aliphatic heterocycles. The van der Waals surface area contributed by atoms with Crippen molar-refractivity contribution in [1.82, 2.24) is 9.55 Å². The first kappa shape index (κ1) is 20.0. The smallest absolute Gasteiger partial charge is 0.187 e. The van der Waals surface area contributed by atoms with Crippen LogP contribution in [0, 0.1) is 6.92 Å². The summed E-state index contributed by atoms with van der Waals surface area (Å²) in [5.74, 6) is 0.171. The number of aryl methyl sites for hydroxylation is 2. The van der Waals surface area contributed by atoms with Gasteiger partial charge < -0.3 is 18.8 Å². The lowest BCUT2D eigenvalue weighted by molar-refractivity contribution is -0.184. The summed E-state index contributed by atoms with van der Waals surface area (Å²) in [5, 5.41) is 0.740. The van der Waals surface area contributed by atoms with E-state index in [-0.39, 0.29) is 6.10 Å². The van der Waals surface area contributed by atoms with Gasteiger partial charge in [0.1, 0.15) is 18.5 Å². The fourth-order valence-corrected chi connectivity index (χ4v) is 3.66. The molecule has 0 radical (unpaired) electrons. The number of aromatic nitrogens is 2. The molecule has 2 atom stereocenters. The monoisotopic (exact) mass is 412 g/mol.